The minimum atomic E-state index is -0.218. The Morgan fingerprint density at radius 1 is 1.25 bits per heavy atom. The molecule has 24 heavy (non-hydrogen) atoms. The summed E-state index contributed by atoms with van der Waals surface area (Å²) in [7, 11) is 1.56. The highest BCUT2D eigenvalue weighted by Gasteiger charge is 2.16. The van der Waals surface area contributed by atoms with Crippen molar-refractivity contribution in [2.24, 2.45) is 0 Å². The Labute approximate surface area is 146 Å². The van der Waals surface area contributed by atoms with Gasteiger partial charge in [-0.2, -0.15) is 0 Å². The first-order valence-electron chi connectivity index (χ1n) is 7.49. The molecule has 0 aliphatic carbocycles. The normalized spacial score (nSPS) is 11.0. The van der Waals surface area contributed by atoms with Crippen LogP contribution < -0.4 is 15.4 Å². The number of aromatic nitrogens is 2. The molecule has 1 aromatic carbocycles. The average Bonchev–Trinajstić information content (AvgIpc) is 2.53. The van der Waals surface area contributed by atoms with Gasteiger partial charge in [-0.3, -0.25) is 4.79 Å². The number of hydrogen-bond acceptors (Lipinski definition) is 5. The lowest BCUT2D eigenvalue weighted by atomic mass is 9.96. The van der Waals surface area contributed by atoms with Crippen LogP contribution in [0.2, 0.25) is 5.02 Å². The predicted octanol–water partition coefficient (Wildman–Crippen LogP) is 3.49. The number of rotatable bonds is 5. The van der Waals surface area contributed by atoms with Crippen LogP contribution in [0.25, 0.3) is 0 Å². The number of carbonyl (C=O) groups is 1. The molecule has 2 aromatic rings. The van der Waals surface area contributed by atoms with Crippen LogP contribution in [0.4, 0.5) is 11.4 Å². The van der Waals surface area contributed by atoms with Crippen LogP contribution in [0.15, 0.2) is 30.6 Å². The molecule has 0 atom stereocenters. The summed E-state index contributed by atoms with van der Waals surface area (Å²) in [5.74, 6) is 1.12. The van der Waals surface area contributed by atoms with Crippen LogP contribution >= 0.6 is 11.6 Å². The number of amides is 1. The topological polar surface area (TPSA) is 76.1 Å². The summed E-state index contributed by atoms with van der Waals surface area (Å²) in [5.41, 5.74) is 1.07. The molecular formula is C17H21ClN4O2. The highest BCUT2D eigenvalue weighted by Crippen LogP contribution is 2.27. The maximum absolute atomic E-state index is 12.0. The van der Waals surface area contributed by atoms with Crippen molar-refractivity contribution in [3.63, 3.8) is 0 Å². The highest BCUT2D eigenvalue weighted by molar-refractivity contribution is 6.30. The molecular weight excluding hydrogens is 328 g/mol. The second-order valence-corrected chi connectivity index (χ2v) is 6.73. The molecule has 0 fully saturated rings. The van der Waals surface area contributed by atoms with Gasteiger partial charge in [-0.1, -0.05) is 32.4 Å². The zero-order valence-electron chi connectivity index (χ0n) is 14.2. The van der Waals surface area contributed by atoms with Gasteiger partial charge >= 0.3 is 0 Å². The van der Waals surface area contributed by atoms with Crippen LogP contribution in [0.1, 0.15) is 26.6 Å². The van der Waals surface area contributed by atoms with Gasteiger partial charge in [0.15, 0.2) is 0 Å². The maximum atomic E-state index is 12.0. The Kier molecular flexibility index (Phi) is 5.62. The zero-order valence-corrected chi connectivity index (χ0v) is 14.9. The van der Waals surface area contributed by atoms with Gasteiger partial charge in [0, 0.05) is 10.4 Å². The van der Waals surface area contributed by atoms with E-state index in [1.165, 1.54) is 0 Å². The Morgan fingerprint density at radius 3 is 2.50 bits per heavy atom. The first-order valence-corrected chi connectivity index (χ1v) is 7.87. The number of anilines is 2. The molecule has 1 aromatic heterocycles. The van der Waals surface area contributed by atoms with Gasteiger partial charge in [0.05, 0.1) is 37.4 Å². The van der Waals surface area contributed by atoms with E-state index in [1.54, 1.807) is 37.7 Å². The van der Waals surface area contributed by atoms with E-state index < -0.39 is 0 Å². The third kappa shape index (κ3) is 4.83. The summed E-state index contributed by atoms with van der Waals surface area (Å²) in [6.07, 6.45) is 3.21. The molecule has 0 saturated carbocycles. The second-order valence-electron chi connectivity index (χ2n) is 6.29. The third-order valence-electron chi connectivity index (χ3n) is 3.21. The molecule has 0 aliphatic heterocycles. The average molecular weight is 349 g/mol. The van der Waals surface area contributed by atoms with Crippen LogP contribution in [0, 0.1) is 0 Å². The number of halogens is 1. The lowest BCUT2D eigenvalue weighted by molar-refractivity contribution is -0.114. The fourth-order valence-electron chi connectivity index (χ4n) is 1.98. The van der Waals surface area contributed by atoms with Crippen molar-refractivity contribution in [2.75, 3.05) is 24.3 Å². The van der Waals surface area contributed by atoms with Crippen LogP contribution in [-0.4, -0.2) is 29.5 Å². The third-order valence-corrected chi connectivity index (χ3v) is 3.44. The molecule has 7 heteroatoms. The first-order chi connectivity index (χ1) is 11.3. The molecule has 1 heterocycles. The van der Waals surface area contributed by atoms with Gasteiger partial charge in [-0.05, 0) is 18.2 Å². The van der Waals surface area contributed by atoms with Crippen molar-refractivity contribution >= 4 is 28.9 Å². The maximum Gasteiger partial charge on any atom is 0.243 e. The molecule has 6 nitrogen and oxygen atoms in total. The molecule has 0 spiro atoms. The van der Waals surface area contributed by atoms with Crippen molar-refractivity contribution in [2.45, 2.75) is 26.2 Å². The molecule has 2 N–H and O–H groups in total. The van der Waals surface area contributed by atoms with Gasteiger partial charge in [0.2, 0.25) is 5.91 Å². The Balaban J connectivity index is 1.95. The zero-order chi connectivity index (χ0) is 17.7. The first kappa shape index (κ1) is 18.0. The highest BCUT2D eigenvalue weighted by atomic mass is 35.5. The second kappa shape index (κ2) is 7.49. The quantitative estimate of drug-likeness (QED) is 0.865. The molecule has 0 bridgehead atoms. The van der Waals surface area contributed by atoms with Gasteiger partial charge in [0.25, 0.3) is 0 Å². The molecule has 128 valence electrons. The minimum Gasteiger partial charge on any atom is -0.495 e. The lowest BCUT2D eigenvalue weighted by Gasteiger charge is -2.16. The summed E-state index contributed by atoms with van der Waals surface area (Å²) >= 11 is 5.96. The van der Waals surface area contributed by atoms with E-state index in [0.29, 0.717) is 22.1 Å². The summed E-state index contributed by atoms with van der Waals surface area (Å²) in [5, 5.41) is 6.30. The Hall–Kier alpha value is -2.34. The summed E-state index contributed by atoms with van der Waals surface area (Å²) in [6, 6.07) is 5.16. The number of carbonyl (C=O) groups excluding carboxylic acids is 1. The Morgan fingerprint density at radius 2 is 1.92 bits per heavy atom. The van der Waals surface area contributed by atoms with Crippen molar-refractivity contribution in [1.82, 2.24) is 9.97 Å². The van der Waals surface area contributed by atoms with E-state index in [2.05, 4.69) is 20.6 Å². The van der Waals surface area contributed by atoms with Gasteiger partial charge in [-0.15, -0.1) is 0 Å². The standard InChI is InChI=1S/C17H21ClN4O2/c1-17(2,3)16-20-8-12(9-21-16)22-15(23)10-19-13-7-11(18)5-6-14(13)24-4/h5-9,19H,10H2,1-4H3,(H,22,23). The van der Waals surface area contributed by atoms with Gasteiger partial charge in [0.1, 0.15) is 11.6 Å². The van der Waals surface area contributed by atoms with Crippen molar-refractivity contribution in [3.8, 4) is 5.75 Å². The smallest absolute Gasteiger partial charge is 0.243 e. The largest absolute Gasteiger partial charge is 0.495 e. The molecule has 1 amide bonds. The van der Waals surface area contributed by atoms with Gasteiger partial charge < -0.3 is 15.4 Å². The number of hydrogen-bond donors (Lipinski definition) is 2. The summed E-state index contributed by atoms with van der Waals surface area (Å²) in [4.78, 5) is 20.6. The fraction of sp³-hybridized carbons (Fsp3) is 0.353. The van der Waals surface area contributed by atoms with Gasteiger partial charge in [-0.25, -0.2) is 9.97 Å². The number of methoxy groups -OCH3 is 1. The fourth-order valence-corrected chi connectivity index (χ4v) is 2.15. The van der Waals surface area contributed by atoms with Crippen molar-refractivity contribution < 1.29 is 9.53 Å². The van der Waals surface area contributed by atoms with Crippen molar-refractivity contribution in [3.05, 3.63) is 41.4 Å². The van der Waals surface area contributed by atoms with Crippen molar-refractivity contribution in [1.29, 1.82) is 0 Å². The van der Waals surface area contributed by atoms with E-state index in [9.17, 15) is 4.79 Å². The molecule has 0 unspecified atom stereocenters. The van der Waals surface area contributed by atoms with Crippen LogP contribution in [0.3, 0.4) is 0 Å². The molecule has 0 saturated heterocycles. The molecule has 2 rings (SSSR count). The summed E-state index contributed by atoms with van der Waals surface area (Å²) < 4.78 is 5.22. The number of nitrogens with one attached hydrogen (secondary N) is 2. The van der Waals surface area contributed by atoms with Crippen LogP contribution in [0.5, 0.6) is 5.75 Å². The molecule has 0 radical (unpaired) electrons. The SMILES string of the molecule is COc1ccc(Cl)cc1NCC(=O)Nc1cnc(C(C)(C)C)nc1. The van der Waals surface area contributed by atoms with E-state index >= 15 is 0 Å². The number of ether oxygens (including phenoxy) is 1. The number of benzene rings is 1. The lowest BCUT2D eigenvalue weighted by Crippen LogP contribution is -2.23. The van der Waals surface area contributed by atoms with E-state index in [0.717, 1.165) is 5.82 Å². The monoisotopic (exact) mass is 348 g/mol. The minimum absolute atomic E-state index is 0.0672. The van der Waals surface area contributed by atoms with E-state index in [-0.39, 0.29) is 17.9 Å². The Bertz CT molecular complexity index is 712. The predicted molar refractivity (Wildman–Crippen MR) is 95.9 cm³/mol. The van der Waals surface area contributed by atoms with E-state index in [1.807, 2.05) is 20.8 Å². The molecule has 0 aliphatic rings. The number of nitrogens with zero attached hydrogens (tertiary/aromatic N) is 2. The summed E-state index contributed by atoms with van der Waals surface area (Å²) in [6.45, 7) is 6.16. The van der Waals surface area contributed by atoms with Crippen LogP contribution in [-0.2, 0) is 10.2 Å². The van der Waals surface area contributed by atoms with E-state index in [4.69, 9.17) is 16.3 Å².